The van der Waals surface area contributed by atoms with Crippen LogP contribution >= 0.6 is 11.3 Å². The maximum atomic E-state index is 6.00. The van der Waals surface area contributed by atoms with Gasteiger partial charge in [0.15, 0.2) is 0 Å². The van der Waals surface area contributed by atoms with Gasteiger partial charge in [0.2, 0.25) is 0 Å². The molecule has 0 saturated heterocycles. The molecule has 0 aliphatic rings. The molecule has 2 nitrogen and oxygen atoms in total. The van der Waals surface area contributed by atoms with E-state index in [2.05, 4.69) is 42.8 Å². The number of nitrogens with zero attached hydrogens (tertiary/aromatic N) is 1. The number of para-hydroxylation sites is 1. The summed E-state index contributed by atoms with van der Waals surface area (Å²) in [5, 5.41) is 3.31. The lowest BCUT2D eigenvalue weighted by atomic mass is 10.2. The van der Waals surface area contributed by atoms with Crippen LogP contribution in [0.2, 0.25) is 0 Å². The normalized spacial score (nSPS) is 11.2. The van der Waals surface area contributed by atoms with Crippen LogP contribution in [0.1, 0.15) is 5.56 Å². The van der Waals surface area contributed by atoms with E-state index in [-0.39, 0.29) is 0 Å². The lowest BCUT2D eigenvalue weighted by Gasteiger charge is -2.04. The van der Waals surface area contributed by atoms with Crippen LogP contribution in [0.5, 0.6) is 0 Å². The number of benzene rings is 1. The van der Waals surface area contributed by atoms with Crippen LogP contribution in [0.25, 0.3) is 21.5 Å². The summed E-state index contributed by atoms with van der Waals surface area (Å²) in [6, 6.07) is 10.6. The molecule has 0 amide bonds. The van der Waals surface area contributed by atoms with E-state index in [0.717, 1.165) is 10.6 Å². The maximum Gasteiger partial charge on any atom is 0.0736 e. The molecule has 0 atom stereocenters. The van der Waals surface area contributed by atoms with E-state index in [1.54, 1.807) is 11.3 Å². The largest absolute Gasteiger partial charge is 0.397 e. The first-order valence-electron chi connectivity index (χ1n) is 5.57. The van der Waals surface area contributed by atoms with E-state index in [4.69, 9.17) is 5.73 Å². The van der Waals surface area contributed by atoms with Crippen LogP contribution in [-0.4, -0.2) is 4.57 Å². The third-order valence-electron chi connectivity index (χ3n) is 3.19. The average molecular weight is 242 g/mol. The van der Waals surface area contributed by atoms with Crippen molar-refractivity contribution in [2.45, 2.75) is 6.92 Å². The Bertz CT molecular complexity index is 691. The van der Waals surface area contributed by atoms with Crippen molar-refractivity contribution in [3.63, 3.8) is 0 Å². The fourth-order valence-corrected chi connectivity index (χ4v) is 3.24. The van der Waals surface area contributed by atoms with Crippen LogP contribution in [0.15, 0.2) is 35.7 Å². The Labute approximate surface area is 104 Å². The number of hydrogen-bond donors (Lipinski definition) is 1. The molecule has 3 heteroatoms. The van der Waals surface area contributed by atoms with Crippen LogP contribution in [0.3, 0.4) is 0 Å². The van der Waals surface area contributed by atoms with Crippen molar-refractivity contribution in [3.05, 3.63) is 41.3 Å². The fourth-order valence-electron chi connectivity index (χ4n) is 2.37. The zero-order valence-electron chi connectivity index (χ0n) is 9.90. The van der Waals surface area contributed by atoms with Crippen molar-refractivity contribution in [1.82, 2.24) is 4.57 Å². The Morgan fingerprint density at radius 1 is 1.24 bits per heavy atom. The minimum absolute atomic E-state index is 0.860. The summed E-state index contributed by atoms with van der Waals surface area (Å²) >= 11 is 1.69. The molecule has 1 aromatic carbocycles. The highest BCUT2D eigenvalue weighted by molar-refractivity contribution is 7.14. The Hall–Kier alpha value is -1.74. The van der Waals surface area contributed by atoms with Crippen LogP contribution < -0.4 is 5.73 Å². The van der Waals surface area contributed by atoms with Crippen LogP contribution in [-0.2, 0) is 7.05 Å². The molecule has 2 N–H and O–H groups in total. The second-order valence-electron chi connectivity index (χ2n) is 4.31. The molecule has 0 bridgehead atoms. The quantitative estimate of drug-likeness (QED) is 0.691. The highest BCUT2D eigenvalue weighted by Crippen LogP contribution is 2.35. The fraction of sp³-hybridized carbons (Fsp3) is 0.143. The van der Waals surface area contributed by atoms with E-state index in [0.29, 0.717) is 0 Å². The Morgan fingerprint density at radius 3 is 2.71 bits per heavy atom. The lowest BCUT2D eigenvalue weighted by Crippen LogP contribution is -1.93. The van der Waals surface area contributed by atoms with Crippen LogP contribution in [0.4, 0.5) is 5.69 Å². The van der Waals surface area contributed by atoms with Gasteiger partial charge in [-0.25, -0.2) is 0 Å². The Kier molecular flexibility index (Phi) is 2.23. The van der Waals surface area contributed by atoms with Gasteiger partial charge in [0.05, 0.1) is 21.8 Å². The molecule has 0 radical (unpaired) electrons. The number of fused-ring (bicyclic) bond motifs is 1. The molecule has 0 spiro atoms. The van der Waals surface area contributed by atoms with Gasteiger partial charge in [-0.3, -0.25) is 0 Å². The number of thiophene rings is 1. The van der Waals surface area contributed by atoms with Gasteiger partial charge in [0, 0.05) is 12.4 Å². The van der Waals surface area contributed by atoms with Gasteiger partial charge in [-0.2, -0.15) is 0 Å². The third kappa shape index (κ3) is 1.46. The summed E-state index contributed by atoms with van der Waals surface area (Å²) in [5.74, 6) is 0. The molecule has 86 valence electrons. The third-order valence-corrected chi connectivity index (χ3v) is 4.14. The second kappa shape index (κ2) is 3.64. The molecule has 0 saturated carbocycles. The second-order valence-corrected chi connectivity index (χ2v) is 5.22. The molecule has 3 rings (SSSR count). The first-order chi connectivity index (χ1) is 8.18. The number of aromatic nitrogens is 1. The van der Waals surface area contributed by atoms with Gasteiger partial charge in [-0.1, -0.05) is 18.2 Å². The predicted molar refractivity (Wildman–Crippen MR) is 75.4 cm³/mol. The molecular formula is C14H14N2S. The van der Waals surface area contributed by atoms with Gasteiger partial charge >= 0.3 is 0 Å². The van der Waals surface area contributed by atoms with Gasteiger partial charge in [0.1, 0.15) is 0 Å². The zero-order valence-corrected chi connectivity index (χ0v) is 10.7. The van der Waals surface area contributed by atoms with E-state index < -0.39 is 0 Å². The lowest BCUT2D eigenvalue weighted by molar-refractivity contribution is 0.976. The molecular weight excluding hydrogens is 228 g/mol. The molecule has 0 aliphatic heterocycles. The van der Waals surface area contributed by atoms with Gasteiger partial charge in [-0.15, -0.1) is 11.3 Å². The SMILES string of the molecule is Cc1cccc2cc(-c3sccc3N)n(C)c12. The van der Waals surface area contributed by atoms with Crippen molar-refractivity contribution in [2.75, 3.05) is 5.73 Å². The molecule has 3 aromatic rings. The highest BCUT2D eigenvalue weighted by Gasteiger charge is 2.12. The summed E-state index contributed by atoms with van der Waals surface area (Å²) in [6.07, 6.45) is 0. The first kappa shape index (κ1) is 10.4. The molecule has 17 heavy (non-hydrogen) atoms. The van der Waals surface area contributed by atoms with Gasteiger partial charge < -0.3 is 10.3 Å². The van der Waals surface area contributed by atoms with E-state index >= 15 is 0 Å². The first-order valence-corrected chi connectivity index (χ1v) is 6.45. The Balaban J connectivity index is 2.36. The van der Waals surface area contributed by atoms with Crippen LogP contribution in [0, 0.1) is 6.92 Å². The van der Waals surface area contributed by atoms with Crippen molar-refractivity contribution in [2.24, 2.45) is 7.05 Å². The summed E-state index contributed by atoms with van der Waals surface area (Å²) in [4.78, 5) is 1.16. The number of rotatable bonds is 1. The van der Waals surface area contributed by atoms with Crippen molar-refractivity contribution >= 4 is 27.9 Å². The van der Waals surface area contributed by atoms with E-state index in [1.807, 2.05) is 11.4 Å². The number of nitrogen functional groups attached to an aromatic ring is 1. The molecule has 0 aliphatic carbocycles. The van der Waals surface area contributed by atoms with E-state index in [1.165, 1.54) is 22.2 Å². The monoisotopic (exact) mass is 242 g/mol. The number of hydrogen-bond acceptors (Lipinski definition) is 2. The zero-order chi connectivity index (χ0) is 12.0. The topological polar surface area (TPSA) is 30.9 Å². The van der Waals surface area contributed by atoms with Crippen molar-refractivity contribution < 1.29 is 0 Å². The smallest absolute Gasteiger partial charge is 0.0736 e. The highest BCUT2D eigenvalue weighted by atomic mass is 32.1. The summed E-state index contributed by atoms with van der Waals surface area (Å²) in [5.41, 5.74) is 10.6. The maximum absolute atomic E-state index is 6.00. The van der Waals surface area contributed by atoms with Crippen molar-refractivity contribution in [1.29, 1.82) is 0 Å². The molecule has 2 heterocycles. The molecule has 2 aromatic heterocycles. The summed E-state index contributed by atoms with van der Waals surface area (Å²) < 4.78 is 2.23. The Morgan fingerprint density at radius 2 is 2.06 bits per heavy atom. The molecule has 0 unspecified atom stereocenters. The summed E-state index contributed by atoms with van der Waals surface area (Å²) in [7, 11) is 2.10. The van der Waals surface area contributed by atoms with E-state index in [9.17, 15) is 0 Å². The number of anilines is 1. The standard InChI is InChI=1S/C14H14N2S/c1-9-4-3-5-10-8-12(16(2)13(9)10)14-11(15)6-7-17-14/h3-8H,15H2,1-2H3. The van der Waals surface area contributed by atoms with Gasteiger partial charge in [-0.05, 0) is 30.0 Å². The minimum Gasteiger partial charge on any atom is -0.397 e. The van der Waals surface area contributed by atoms with Crippen molar-refractivity contribution in [3.8, 4) is 10.6 Å². The molecule has 0 fully saturated rings. The van der Waals surface area contributed by atoms with Gasteiger partial charge in [0.25, 0.3) is 0 Å². The summed E-state index contributed by atoms with van der Waals surface area (Å²) in [6.45, 7) is 2.14. The predicted octanol–water partition coefficient (Wildman–Crippen LogP) is 3.80. The number of aryl methyl sites for hydroxylation is 2. The number of nitrogens with two attached hydrogens (primary N) is 1. The minimum atomic E-state index is 0.860. The average Bonchev–Trinajstić information content (AvgIpc) is 2.84.